The maximum atomic E-state index is 13.5. The number of hydrogen-bond acceptors (Lipinski definition) is 6. The molecule has 3 aromatic rings. The predicted octanol–water partition coefficient (Wildman–Crippen LogP) is 0.646. The number of benzene rings is 1. The van der Waals surface area contributed by atoms with Crippen LogP contribution in [0, 0.1) is 11.3 Å². The summed E-state index contributed by atoms with van der Waals surface area (Å²) < 4.78 is 3.23. The number of carbonyl (C=O) groups is 1. The number of imidazole rings is 1. The molecule has 4 rings (SSSR count). The molecule has 0 spiro atoms. The SMILES string of the molecule is CCn1c(N2CCNCC2)nc2cc(C(N)=O)n(Cc3ccccc3C#N)c(=O)c21. The maximum absolute atomic E-state index is 13.5. The van der Waals surface area contributed by atoms with Crippen LogP contribution >= 0.6 is 0 Å². The highest BCUT2D eigenvalue weighted by Crippen LogP contribution is 2.22. The molecule has 9 heteroatoms. The van der Waals surface area contributed by atoms with Crippen molar-refractivity contribution in [1.82, 2.24) is 19.4 Å². The zero-order valence-electron chi connectivity index (χ0n) is 16.8. The molecule has 0 saturated carbocycles. The van der Waals surface area contributed by atoms with Crippen LogP contribution in [0.2, 0.25) is 0 Å². The van der Waals surface area contributed by atoms with Crippen molar-refractivity contribution >= 4 is 22.9 Å². The lowest BCUT2D eigenvalue weighted by atomic mass is 10.1. The summed E-state index contributed by atoms with van der Waals surface area (Å²) in [6.07, 6.45) is 0. The second-order valence-electron chi connectivity index (χ2n) is 7.18. The van der Waals surface area contributed by atoms with E-state index < -0.39 is 5.91 Å². The van der Waals surface area contributed by atoms with Gasteiger partial charge in [-0.15, -0.1) is 0 Å². The monoisotopic (exact) mass is 405 g/mol. The molecule has 154 valence electrons. The summed E-state index contributed by atoms with van der Waals surface area (Å²) in [7, 11) is 0. The van der Waals surface area contributed by atoms with Gasteiger partial charge in [-0.3, -0.25) is 14.2 Å². The largest absolute Gasteiger partial charge is 0.364 e. The minimum absolute atomic E-state index is 0.0767. The highest BCUT2D eigenvalue weighted by atomic mass is 16.2. The molecule has 3 heterocycles. The highest BCUT2D eigenvalue weighted by molar-refractivity contribution is 5.94. The molecular formula is C21H23N7O2. The second-order valence-corrected chi connectivity index (χ2v) is 7.18. The minimum atomic E-state index is -0.710. The van der Waals surface area contributed by atoms with E-state index in [1.807, 2.05) is 11.5 Å². The fourth-order valence-electron chi connectivity index (χ4n) is 3.93. The number of aryl methyl sites for hydroxylation is 1. The zero-order valence-corrected chi connectivity index (χ0v) is 16.8. The smallest absolute Gasteiger partial charge is 0.277 e. The van der Waals surface area contributed by atoms with Gasteiger partial charge in [-0.05, 0) is 24.6 Å². The number of rotatable bonds is 5. The summed E-state index contributed by atoms with van der Waals surface area (Å²) in [5.41, 5.74) is 7.32. The molecule has 2 aromatic heterocycles. The molecule has 1 saturated heterocycles. The van der Waals surface area contributed by atoms with Gasteiger partial charge in [0.15, 0.2) is 0 Å². The number of pyridine rings is 1. The van der Waals surface area contributed by atoms with Gasteiger partial charge in [0.25, 0.3) is 11.5 Å². The summed E-state index contributed by atoms with van der Waals surface area (Å²) >= 11 is 0. The summed E-state index contributed by atoms with van der Waals surface area (Å²) in [5.74, 6) is 0.00917. The van der Waals surface area contributed by atoms with Crippen LogP contribution in [0.1, 0.15) is 28.5 Å². The lowest BCUT2D eigenvalue weighted by Crippen LogP contribution is -2.44. The van der Waals surface area contributed by atoms with E-state index in [2.05, 4.69) is 21.3 Å². The Morgan fingerprint density at radius 3 is 2.67 bits per heavy atom. The molecule has 0 radical (unpaired) electrons. The van der Waals surface area contributed by atoms with E-state index in [-0.39, 0.29) is 17.8 Å². The van der Waals surface area contributed by atoms with Crippen molar-refractivity contribution in [2.24, 2.45) is 5.73 Å². The number of nitriles is 1. The number of aromatic nitrogens is 3. The second kappa shape index (κ2) is 8.00. The molecule has 1 aliphatic rings. The number of carbonyl (C=O) groups excluding carboxylic acids is 1. The van der Waals surface area contributed by atoms with Crippen molar-refractivity contribution in [2.45, 2.75) is 20.0 Å². The Hall–Kier alpha value is -3.64. The van der Waals surface area contributed by atoms with Crippen LogP contribution in [0.4, 0.5) is 5.95 Å². The Morgan fingerprint density at radius 1 is 1.27 bits per heavy atom. The van der Waals surface area contributed by atoms with E-state index in [4.69, 9.17) is 5.73 Å². The third-order valence-corrected chi connectivity index (χ3v) is 5.42. The van der Waals surface area contributed by atoms with Crippen molar-refractivity contribution in [3.63, 3.8) is 0 Å². The molecular weight excluding hydrogens is 382 g/mol. The van der Waals surface area contributed by atoms with Gasteiger partial charge in [-0.2, -0.15) is 5.26 Å². The third kappa shape index (κ3) is 3.31. The number of amides is 1. The van der Waals surface area contributed by atoms with Crippen LogP contribution in [0.3, 0.4) is 0 Å². The fourth-order valence-corrected chi connectivity index (χ4v) is 3.93. The number of anilines is 1. The first kappa shape index (κ1) is 19.7. The first-order chi connectivity index (χ1) is 14.5. The van der Waals surface area contributed by atoms with Crippen LogP contribution in [0.5, 0.6) is 0 Å². The topological polar surface area (TPSA) is 122 Å². The van der Waals surface area contributed by atoms with E-state index >= 15 is 0 Å². The number of primary amides is 1. The minimum Gasteiger partial charge on any atom is -0.364 e. The molecule has 1 fully saturated rings. The standard InChI is InChI=1S/C21H23N7O2/c1-2-27-18-16(25-21(27)26-9-7-24-8-10-26)11-17(19(23)29)28(20(18)30)13-15-6-4-3-5-14(15)12-22/h3-6,11,24H,2,7-10,13H2,1H3,(H2,23,29). The van der Waals surface area contributed by atoms with Gasteiger partial charge < -0.3 is 20.5 Å². The van der Waals surface area contributed by atoms with Crippen LogP contribution in [-0.4, -0.2) is 46.2 Å². The molecule has 9 nitrogen and oxygen atoms in total. The zero-order chi connectivity index (χ0) is 21.3. The van der Waals surface area contributed by atoms with Crippen molar-refractivity contribution < 1.29 is 4.79 Å². The molecule has 1 aliphatic heterocycles. The van der Waals surface area contributed by atoms with Crippen LogP contribution < -0.4 is 21.5 Å². The Kier molecular flexibility index (Phi) is 5.25. The predicted molar refractivity (Wildman–Crippen MR) is 114 cm³/mol. The van der Waals surface area contributed by atoms with Crippen molar-refractivity contribution in [1.29, 1.82) is 5.26 Å². The summed E-state index contributed by atoms with van der Waals surface area (Å²) in [6.45, 7) is 5.86. The van der Waals surface area contributed by atoms with Crippen molar-refractivity contribution in [2.75, 3.05) is 31.1 Å². The van der Waals surface area contributed by atoms with Gasteiger partial charge >= 0.3 is 0 Å². The lowest BCUT2D eigenvalue weighted by Gasteiger charge is -2.28. The number of hydrogen-bond donors (Lipinski definition) is 2. The van der Waals surface area contributed by atoms with Crippen molar-refractivity contribution in [3.05, 3.63) is 57.5 Å². The van der Waals surface area contributed by atoms with Crippen molar-refractivity contribution in [3.8, 4) is 6.07 Å². The van der Waals surface area contributed by atoms with Gasteiger partial charge in [-0.25, -0.2) is 4.98 Å². The summed E-state index contributed by atoms with van der Waals surface area (Å²) in [5, 5.41) is 12.7. The fraction of sp³-hybridized carbons (Fsp3) is 0.333. The van der Waals surface area contributed by atoms with E-state index in [1.165, 1.54) is 4.57 Å². The molecule has 30 heavy (non-hydrogen) atoms. The summed E-state index contributed by atoms with van der Waals surface area (Å²) in [6, 6.07) is 10.7. The Balaban J connectivity index is 1.92. The molecule has 0 unspecified atom stereocenters. The number of nitrogens with zero attached hydrogens (tertiary/aromatic N) is 5. The molecule has 3 N–H and O–H groups in total. The Labute approximate surface area is 173 Å². The van der Waals surface area contributed by atoms with E-state index in [0.29, 0.717) is 28.7 Å². The molecule has 0 bridgehead atoms. The average molecular weight is 405 g/mol. The summed E-state index contributed by atoms with van der Waals surface area (Å²) in [4.78, 5) is 32.5. The van der Waals surface area contributed by atoms with E-state index in [9.17, 15) is 14.9 Å². The number of nitrogens with one attached hydrogen (secondary N) is 1. The maximum Gasteiger partial charge on any atom is 0.277 e. The number of piperazine rings is 1. The average Bonchev–Trinajstić information content (AvgIpc) is 3.15. The van der Waals surface area contributed by atoms with Gasteiger partial charge in [0.2, 0.25) is 5.95 Å². The van der Waals surface area contributed by atoms with Crippen LogP contribution in [-0.2, 0) is 13.1 Å². The first-order valence-corrected chi connectivity index (χ1v) is 9.92. The first-order valence-electron chi connectivity index (χ1n) is 9.92. The lowest BCUT2D eigenvalue weighted by molar-refractivity contribution is 0.0991. The Morgan fingerprint density at radius 2 is 2.00 bits per heavy atom. The normalized spacial score (nSPS) is 14.1. The van der Waals surface area contributed by atoms with Gasteiger partial charge in [0, 0.05) is 32.7 Å². The van der Waals surface area contributed by atoms with Crippen LogP contribution in [0.15, 0.2) is 35.1 Å². The van der Waals surface area contributed by atoms with Gasteiger partial charge in [0.1, 0.15) is 11.2 Å². The molecule has 1 amide bonds. The van der Waals surface area contributed by atoms with E-state index in [0.717, 1.165) is 32.1 Å². The highest BCUT2D eigenvalue weighted by Gasteiger charge is 2.23. The molecule has 0 atom stereocenters. The number of nitrogens with two attached hydrogens (primary N) is 1. The number of fused-ring (bicyclic) bond motifs is 1. The third-order valence-electron chi connectivity index (χ3n) is 5.42. The molecule has 0 aliphatic carbocycles. The van der Waals surface area contributed by atoms with Crippen LogP contribution in [0.25, 0.3) is 11.0 Å². The van der Waals surface area contributed by atoms with Gasteiger partial charge in [-0.1, -0.05) is 18.2 Å². The van der Waals surface area contributed by atoms with E-state index in [1.54, 1.807) is 30.3 Å². The quantitative estimate of drug-likeness (QED) is 0.643. The Bertz CT molecular complexity index is 1210. The molecule has 1 aromatic carbocycles. The van der Waals surface area contributed by atoms with Gasteiger partial charge in [0.05, 0.1) is 23.7 Å².